The topological polar surface area (TPSA) is 61.7 Å². The maximum absolute atomic E-state index is 13.5. The number of amides is 2. The van der Waals surface area contributed by atoms with Crippen LogP contribution in [0.25, 0.3) is 0 Å². The summed E-state index contributed by atoms with van der Waals surface area (Å²) in [6.45, 7) is 3.78. The second-order valence-corrected chi connectivity index (χ2v) is 8.69. The van der Waals surface area contributed by atoms with E-state index in [1.54, 1.807) is 32.7 Å². The fraction of sp³-hybridized carbons (Fsp3) is 0.292. The predicted molar refractivity (Wildman–Crippen MR) is 123 cm³/mol. The van der Waals surface area contributed by atoms with Crippen molar-refractivity contribution in [1.29, 1.82) is 0 Å². The number of rotatable bonds is 4. The molecule has 0 radical (unpaired) electrons. The lowest BCUT2D eigenvalue weighted by atomic mass is 10.1. The molecule has 2 amide bonds. The Morgan fingerprint density at radius 2 is 1.76 bits per heavy atom. The lowest BCUT2D eigenvalue weighted by Gasteiger charge is -2.35. The molecule has 33 heavy (non-hydrogen) atoms. The Labute approximate surface area is 195 Å². The van der Waals surface area contributed by atoms with Gasteiger partial charge in [0, 0.05) is 56.0 Å². The van der Waals surface area contributed by atoms with Crippen molar-refractivity contribution in [2.24, 2.45) is 0 Å². The van der Waals surface area contributed by atoms with Crippen LogP contribution in [0.5, 0.6) is 0 Å². The van der Waals surface area contributed by atoms with Crippen LogP contribution in [0.2, 0.25) is 5.02 Å². The summed E-state index contributed by atoms with van der Waals surface area (Å²) in [7, 11) is 0. The van der Waals surface area contributed by atoms with Gasteiger partial charge in [0.05, 0.1) is 6.54 Å². The molecule has 2 aliphatic rings. The van der Waals surface area contributed by atoms with E-state index in [2.05, 4.69) is 10.00 Å². The van der Waals surface area contributed by atoms with Gasteiger partial charge in [-0.3, -0.25) is 14.3 Å². The molecule has 1 fully saturated rings. The van der Waals surface area contributed by atoms with Gasteiger partial charge in [-0.05, 0) is 35.9 Å². The molecule has 1 saturated heterocycles. The van der Waals surface area contributed by atoms with Gasteiger partial charge in [0.25, 0.3) is 11.8 Å². The molecule has 0 N–H and O–H groups in total. The molecule has 3 heterocycles. The summed E-state index contributed by atoms with van der Waals surface area (Å²) in [5.74, 6) is -0.708. The molecule has 9 heteroatoms. The van der Waals surface area contributed by atoms with E-state index in [-0.39, 0.29) is 23.3 Å². The van der Waals surface area contributed by atoms with Gasteiger partial charge in [0.1, 0.15) is 11.5 Å². The Kier molecular flexibility index (Phi) is 5.76. The first-order valence-corrected chi connectivity index (χ1v) is 11.3. The Balaban J connectivity index is 1.25. The van der Waals surface area contributed by atoms with Gasteiger partial charge in [-0.25, -0.2) is 4.39 Å². The van der Waals surface area contributed by atoms with Crippen molar-refractivity contribution in [3.05, 3.63) is 82.4 Å². The molecule has 0 bridgehead atoms. The number of hydrogen-bond donors (Lipinski definition) is 0. The van der Waals surface area contributed by atoms with Crippen LogP contribution >= 0.6 is 11.6 Å². The van der Waals surface area contributed by atoms with Gasteiger partial charge >= 0.3 is 0 Å². The Morgan fingerprint density at radius 3 is 2.52 bits per heavy atom. The average Bonchev–Trinajstić information content (AvgIpc) is 3.26. The summed E-state index contributed by atoms with van der Waals surface area (Å²) in [4.78, 5) is 31.7. The number of aromatic nitrogens is 2. The lowest BCUT2D eigenvalue weighted by Crippen LogP contribution is -2.48. The fourth-order valence-electron chi connectivity index (χ4n) is 4.35. The third kappa shape index (κ3) is 4.43. The van der Waals surface area contributed by atoms with Crippen LogP contribution in [0.4, 0.5) is 10.1 Å². The molecule has 0 spiro atoms. The zero-order valence-electron chi connectivity index (χ0n) is 18.0. The maximum Gasteiger partial charge on any atom is 0.274 e. The van der Waals surface area contributed by atoms with Gasteiger partial charge in [-0.2, -0.15) is 5.10 Å². The van der Waals surface area contributed by atoms with Gasteiger partial charge in [0.2, 0.25) is 0 Å². The minimum atomic E-state index is -0.328. The van der Waals surface area contributed by atoms with Crippen molar-refractivity contribution in [1.82, 2.24) is 19.6 Å². The summed E-state index contributed by atoms with van der Waals surface area (Å²) in [5, 5.41) is 5.09. The van der Waals surface area contributed by atoms with E-state index >= 15 is 0 Å². The van der Waals surface area contributed by atoms with E-state index in [0.717, 1.165) is 11.3 Å². The van der Waals surface area contributed by atoms with E-state index in [0.29, 0.717) is 56.5 Å². The zero-order valence-corrected chi connectivity index (χ0v) is 18.7. The first-order chi connectivity index (χ1) is 16.0. The number of anilines is 1. The number of halogens is 2. The minimum absolute atomic E-state index is 0.174. The van der Waals surface area contributed by atoms with Crippen molar-refractivity contribution < 1.29 is 14.0 Å². The minimum Gasteiger partial charge on any atom is -0.368 e. The highest BCUT2D eigenvalue weighted by Gasteiger charge is 2.30. The van der Waals surface area contributed by atoms with Gasteiger partial charge in [-0.1, -0.05) is 29.8 Å². The molecule has 170 valence electrons. The van der Waals surface area contributed by atoms with Crippen LogP contribution in [0.3, 0.4) is 0 Å². The van der Waals surface area contributed by atoms with Crippen molar-refractivity contribution >= 4 is 29.1 Å². The molecule has 0 atom stereocenters. The summed E-state index contributed by atoms with van der Waals surface area (Å²) >= 11 is 6.10. The Morgan fingerprint density at radius 1 is 0.970 bits per heavy atom. The molecule has 0 saturated carbocycles. The fourth-order valence-corrected chi connectivity index (χ4v) is 4.54. The first kappa shape index (κ1) is 21.5. The van der Waals surface area contributed by atoms with E-state index < -0.39 is 0 Å². The molecule has 7 nitrogen and oxygen atoms in total. The lowest BCUT2D eigenvalue weighted by molar-refractivity contribution is 0.0680. The molecule has 0 unspecified atom stereocenters. The van der Waals surface area contributed by atoms with E-state index in [4.69, 9.17) is 11.6 Å². The Hall–Kier alpha value is -3.39. The maximum atomic E-state index is 13.5. The SMILES string of the molecule is O=C(c1cc2n(n1)CCN(Cc1cccc(F)c1)C2=O)N1CCN(c2cccc(Cl)c2)CC1. The van der Waals surface area contributed by atoms with Gasteiger partial charge < -0.3 is 14.7 Å². The molecule has 2 aromatic carbocycles. The predicted octanol–water partition coefficient (Wildman–Crippen LogP) is 3.29. The largest absolute Gasteiger partial charge is 0.368 e. The second kappa shape index (κ2) is 8.86. The summed E-state index contributed by atoms with van der Waals surface area (Å²) < 4.78 is 15.1. The third-order valence-electron chi connectivity index (χ3n) is 6.09. The highest BCUT2D eigenvalue weighted by atomic mass is 35.5. The van der Waals surface area contributed by atoms with Crippen LogP contribution in [0.15, 0.2) is 54.6 Å². The first-order valence-electron chi connectivity index (χ1n) is 10.9. The third-order valence-corrected chi connectivity index (χ3v) is 6.32. The standard InChI is InChI=1S/C24H23ClFN5O2/c25-18-4-2-6-20(14-18)28-7-9-29(10-8-28)23(32)21-15-22-24(33)30(11-12-31(22)27-21)16-17-3-1-5-19(26)13-17/h1-6,13-15H,7-12,16H2. The number of fused-ring (bicyclic) bond motifs is 1. The van der Waals surface area contributed by atoms with Crippen molar-refractivity contribution in [3.8, 4) is 0 Å². The van der Waals surface area contributed by atoms with E-state index in [9.17, 15) is 14.0 Å². The molecule has 3 aromatic rings. The van der Waals surface area contributed by atoms with Crippen LogP contribution in [-0.4, -0.2) is 64.1 Å². The van der Waals surface area contributed by atoms with Gasteiger partial charge in [0.15, 0.2) is 5.69 Å². The monoisotopic (exact) mass is 467 g/mol. The number of carbonyl (C=O) groups excluding carboxylic acids is 2. The van der Waals surface area contributed by atoms with Crippen molar-refractivity contribution in [3.63, 3.8) is 0 Å². The molecule has 1 aromatic heterocycles. The number of carbonyl (C=O) groups is 2. The quantitative estimate of drug-likeness (QED) is 0.590. The normalized spacial score (nSPS) is 16.2. The van der Waals surface area contributed by atoms with Crippen LogP contribution in [-0.2, 0) is 13.1 Å². The number of hydrogen-bond acceptors (Lipinski definition) is 4. The summed E-state index contributed by atoms with van der Waals surface area (Å²) in [6.07, 6.45) is 0. The molecular weight excluding hydrogens is 445 g/mol. The van der Waals surface area contributed by atoms with Crippen molar-refractivity contribution in [2.75, 3.05) is 37.6 Å². The van der Waals surface area contributed by atoms with Gasteiger partial charge in [-0.15, -0.1) is 0 Å². The second-order valence-electron chi connectivity index (χ2n) is 8.25. The van der Waals surface area contributed by atoms with E-state index in [1.165, 1.54) is 12.1 Å². The van der Waals surface area contributed by atoms with Crippen LogP contribution < -0.4 is 4.90 Å². The zero-order chi connectivity index (χ0) is 22.9. The van der Waals surface area contributed by atoms with Crippen molar-refractivity contribution in [2.45, 2.75) is 13.1 Å². The number of benzene rings is 2. The van der Waals surface area contributed by atoms with Crippen LogP contribution in [0.1, 0.15) is 26.5 Å². The smallest absolute Gasteiger partial charge is 0.274 e. The molecule has 0 aliphatic carbocycles. The number of piperazine rings is 1. The molecule has 5 rings (SSSR count). The summed E-state index contributed by atoms with van der Waals surface area (Å²) in [5.41, 5.74) is 2.43. The highest BCUT2D eigenvalue weighted by Crippen LogP contribution is 2.22. The highest BCUT2D eigenvalue weighted by molar-refractivity contribution is 6.30. The average molecular weight is 468 g/mol. The molecular formula is C24H23ClFN5O2. The van der Waals surface area contributed by atoms with E-state index in [1.807, 2.05) is 24.3 Å². The number of nitrogens with zero attached hydrogens (tertiary/aromatic N) is 5. The summed E-state index contributed by atoms with van der Waals surface area (Å²) in [6, 6.07) is 15.5. The molecule has 2 aliphatic heterocycles. The van der Waals surface area contributed by atoms with Crippen LogP contribution in [0, 0.1) is 5.82 Å². The Bertz CT molecular complexity index is 1210.